The molecular weight excluding hydrogens is 326 g/mol. The van der Waals surface area contributed by atoms with Gasteiger partial charge in [-0.1, -0.05) is 12.1 Å². The summed E-state index contributed by atoms with van der Waals surface area (Å²) in [5.41, 5.74) is 4.36. The van der Waals surface area contributed by atoms with Gasteiger partial charge in [0, 0.05) is 29.4 Å². The van der Waals surface area contributed by atoms with Crippen LogP contribution in [0.1, 0.15) is 34.2 Å². The second kappa shape index (κ2) is 7.78. The number of rotatable bonds is 5. The number of ether oxygens (including phenoxy) is 1. The van der Waals surface area contributed by atoms with Crippen molar-refractivity contribution >= 4 is 17.9 Å². The van der Waals surface area contributed by atoms with Crippen molar-refractivity contribution in [2.75, 3.05) is 6.61 Å². The van der Waals surface area contributed by atoms with E-state index in [1.165, 1.54) is 0 Å². The molecule has 132 valence electrons. The van der Waals surface area contributed by atoms with Gasteiger partial charge >= 0.3 is 5.97 Å². The lowest BCUT2D eigenvalue weighted by Gasteiger charge is -2.07. The van der Waals surface area contributed by atoms with E-state index in [0.29, 0.717) is 17.9 Å². The van der Waals surface area contributed by atoms with E-state index in [2.05, 4.69) is 20.6 Å². The first-order chi connectivity index (χ1) is 12.6. The Morgan fingerprint density at radius 2 is 2.04 bits per heavy atom. The number of carbonyl (C=O) groups excluding carboxylic acids is 1. The Balaban J connectivity index is 1.88. The molecule has 0 saturated carbocycles. The third-order valence-corrected chi connectivity index (χ3v) is 4.06. The molecule has 0 radical (unpaired) electrons. The normalized spacial score (nSPS) is 11.0. The molecule has 3 aromatic rings. The third-order valence-electron chi connectivity index (χ3n) is 4.06. The van der Waals surface area contributed by atoms with Crippen LogP contribution in [0, 0.1) is 13.8 Å². The molecular formula is C21H21N3O2. The predicted molar refractivity (Wildman–Crippen MR) is 103 cm³/mol. The molecule has 0 aliphatic rings. The van der Waals surface area contributed by atoms with Gasteiger partial charge in [0.25, 0.3) is 0 Å². The minimum Gasteiger partial charge on any atom is -0.462 e. The van der Waals surface area contributed by atoms with Crippen LogP contribution in [0.2, 0.25) is 0 Å². The van der Waals surface area contributed by atoms with Crippen molar-refractivity contribution in [3.05, 3.63) is 77.2 Å². The maximum atomic E-state index is 11.8. The highest BCUT2D eigenvalue weighted by Crippen LogP contribution is 2.20. The predicted octanol–water partition coefficient (Wildman–Crippen LogP) is 4.42. The summed E-state index contributed by atoms with van der Waals surface area (Å²) >= 11 is 0. The summed E-state index contributed by atoms with van der Waals surface area (Å²) in [6.07, 6.45) is 3.59. The molecule has 1 aromatic carbocycles. The molecule has 3 rings (SSSR count). The number of aromatic nitrogens is 2. The Hall–Kier alpha value is -3.21. The summed E-state index contributed by atoms with van der Waals surface area (Å²) in [4.78, 5) is 20.8. The van der Waals surface area contributed by atoms with Gasteiger partial charge < -0.3 is 9.30 Å². The monoisotopic (exact) mass is 347 g/mol. The van der Waals surface area contributed by atoms with E-state index in [4.69, 9.17) is 4.74 Å². The number of aliphatic imine (C=N–C) groups is 1. The molecule has 0 amide bonds. The molecule has 2 aromatic heterocycles. The molecule has 0 bridgehead atoms. The number of nitrogens with zero attached hydrogens (tertiary/aromatic N) is 3. The second-order valence-corrected chi connectivity index (χ2v) is 5.88. The average molecular weight is 347 g/mol. The molecule has 0 spiro atoms. The van der Waals surface area contributed by atoms with E-state index in [0.717, 1.165) is 22.8 Å². The van der Waals surface area contributed by atoms with Gasteiger partial charge in [-0.3, -0.25) is 4.99 Å². The lowest BCUT2D eigenvalue weighted by Crippen LogP contribution is -2.03. The lowest BCUT2D eigenvalue weighted by molar-refractivity contribution is 0.0526. The van der Waals surface area contributed by atoms with Crippen molar-refractivity contribution in [3.8, 4) is 5.82 Å². The number of benzene rings is 1. The van der Waals surface area contributed by atoms with Crippen LogP contribution >= 0.6 is 0 Å². The van der Waals surface area contributed by atoms with Crippen LogP contribution in [0.15, 0.2) is 59.7 Å². The van der Waals surface area contributed by atoms with Crippen LogP contribution < -0.4 is 0 Å². The Bertz CT molecular complexity index is 943. The van der Waals surface area contributed by atoms with Crippen LogP contribution in [-0.4, -0.2) is 28.3 Å². The van der Waals surface area contributed by atoms with E-state index < -0.39 is 0 Å². The zero-order chi connectivity index (χ0) is 18.5. The lowest BCUT2D eigenvalue weighted by atomic mass is 10.2. The standard InChI is InChI=1S/C21H21N3O2/c1-4-26-21(25)17-8-7-9-19(13-17)23-14-18-12-15(2)24(16(18)3)20-10-5-6-11-22-20/h5-14H,4H2,1-3H3. The number of aryl methyl sites for hydroxylation is 1. The molecule has 0 saturated heterocycles. The number of hydrogen-bond acceptors (Lipinski definition) is 4. The smallest absolute Gasteiger partial charge is 0.338 e. The maximum Gasteiger partial charge on any atom is 0.338 e. The van der Waals surface area contributed by atoms with Crippen LogP contribution in [0.5, 0.6) is 0 Å². The van der Waals surface area contributed by atoms with Gasteiger partial charge in [0.05, 0.1) is 17.9 Å². The van der Waals surface area contributed by atoms with Crippen molar-refractivity contribution < 1.29 is 9.53 Å². The van der Waals surface area contributed by atoms with Crippen molar-refractivity contribution in [2.45, 2.75) is 20.8 Å². The van der Waals surface area contributed by atoms with E-state index in [-0.39, 0.29) is 5.97 Å². The molecule has 0 fully saturated rings. The summed E-state index contributed by atoms with van der Waals surface area (Å²) in [7, 11) is 0. The molecule has 2 heterocycles. The number of esters is 1. The first-order valence-electron chi connectivity index (χ1n) is 8.51. The summed E-state index contributed by atoms with van der Waals surface area (Å²) in [6.45, 7) is 6.22. The maximum absolute atomic E-state index is 11.8. The first kappa shape index (κ1) is 17.6. The Morgan fingerprint density at radius 3 is 2.77 bits per heavy atom. The van der Waals surface area contributed by atoms with E-state index in [1.54, 1.807) is 31.3 Å². The highest BCUT2D eigenvalue weighted by Gasteiger charge is 2.10. The van der Waals surface area contributed by atoms with Gasteiger partial charge in [-0.05, 0) is 57.2 Å². The summed E-state index contributed by atoms with van der Waals surface area (Å²) in [6, 6.07) is 15.0. The minimum absolute atomic E-state index is 0.335. The van der Waals surface area contributed by atoms with Gasteiger partial charge in [-0.2, -0.15) is 0 Å². The Kier molecular flexibility index (Phi) is 5.27. The fourth-order valence-electron chi connectivity index (χ4n) is 2.83. The largest absolute Gasteiger partial charge is 0.462 e. The highest BCUT2D eigenvalue weighted by molar-refractivity contribution is 5.91. The molecule has 0 N–H and O–H groups in total. The number of carbonyl (C=O) groups is 1. The van der Waals surface area contributed by atoms with Crippen LogP contribution in [0.4, 0.5) is 5.69 Å². The van der Waals surface area contributed by atoms with Gasteiger partial charge in [0.15, 0.2) is 0 Å². The van der Waals surface area contributed by atoms with Crippen molar-refractivity contribution in [1.82, 2.24) is 9.55 Å². The minimum atomic E-state index is -0.335. The van der Waals surface area contributed by atoms with Crippen LogP contribution in [-0.2, 0) is 4.74 Å². The Morgan fingerprint density at radius 1 is 1.19 bits per heavy atom. The quantitative estimate of drug-likeness (QED) is 0.507. The van der Waals surface area contributed by atoms with E-state index in [1.807, 2.05) is 44.3 Å². The molecule has 0 unspecified atom stereocenters. The first-order valence-corrected chi connectivity index (χ1v) is 8.51. The number of pyridine rings is 1. The van der Waals surface area contributed by atoms with Gasteiger partial charge in [0.1, 0.15) is 5.82 Å². The molecule has 5 heteroatoms. The molecule has 26 heavy (non-hydrogen) atoms. The third kappa shape index (κ3) is 3.72. The van der Waals surface area contributed by atoms with Crippen LogP contribution in [0.3, 0.4) is 0 Å². The Labute approximate surface area is 153 Å². The zero-order valence-electron chi connectivity index (χ0n) is 15.1. The van der Waals surface area contributed by atoms with E-state index >= 15 is 0 Å². The number of hydrogen-bond donors (Lipinski definition) is 0. The highest BCUT2D eigenvalue weighted by atomic mass is 16.5. The fraction of sp³-hybridized carbons (Fsp3) is 0.190. The van der Waals surface area contributed by atoms with Gasteiger partial charge in [0.2, 0.25) is 0 Å². The summed E-state index contributed by atoms with van der Waals surface area (Å²) in [5.74, 6) is 0.546. The summed E-state index contributed by atoms with van der Waals surface area (Å²) < 4.78 is 7.13. The van der Waals surface area contributed by atoms with Crippen molar-refractivity contribution in [1.29, 1.82) is 0 Å². The molecule has 0 aliphatic carbocycles. The van der Waals surface area contributed by atoms with Crippen LogP contribution in [0.25, 0.3) is 5.82 Å². The van der Waals surface area contributed by atoms with Crippen molar-refractivity contribution in [2.24, 2.45) is 4.99 Å². The van der Waals surface area contributed by atoms with Crippen molar-refractivity contribution in [3.63, 3.8) is 0 Å². The zero-order valence-corrected chi connectivity index (χ0v) is 15.1. The second-order valence-electron chi connectivity index (χ2n) is 5.88. The SMILES string of the molecule is CCOC(=O)c1cccc(N=Cc2cc(C)n(-c3ccccn3)c2C)c1. The average Bonchev–Trinajstić information content (AvgIpc) is 2.94. The molecule has 5 nitrogen and oxygen atoms in total. The topological polar surface area (TPSA) is 56.5 Å². The van der Waals surface area contributed by atoms with Gasteiger partial charge in [-0.25, -0.2) is 9.78 Å². The molecule has 0 atom stereocenters. The summed E-state index contributed by atoms with van der Waals surface area (Å²) in [5, 5.41) is 0. The van der Waals surface area contributed by atoms with E-state index in [9.17, 15) is 4.79 Å². The van der Waals surface area contributed by atoms with Gasteiger partial charge in [-0.15, -0.1) is 0 Å². The fourth-order valence-corrected chi connectivity index (χ4v) is 2.83. The molecule has 0 aliphatic heterocycles.